The van der Waals surface area contributed by atoms with Gasteiger partial charge in [-0.05, 0) is 47.4 Å². The van der Waals surface area contributed by atoms with Crippen molar-refractivity contribution >= 4 is 29.1 Å². The van der Waals surface area contributed by atoms with Gasteiger partial charge in [0.05, 0.1) is 17.7 Å². The molecular formula is C18H15Cl2N3O. The van der Waals surface area contributed by atoms with E-state index in [9.17, 15) is 4.79 Å². The van der Waals surface area contributed by atoms with Crippen LogP contribution in [0.4, 0.5) is 0 Å². The molecule has 2 aromatic rings. The third kappa shape index (κ3) is 3.39. The third-order valence-corrected chi connectivity index (χ3v) is 4.73. The minimum atomic E-state index is -0.673. The summed E-state index contributed by atoms with van der Waals surface area (Å²) in [7, 11) is 0. The van der Waals surface area contributed by atoms with Crippen molar-refractivity contribution in [2.24, 2.45) is 5.73 Å². The predicted octanol–water partition coefficient (Wildman–Crippen LogP) is 3.28. The highest BCUT2D eigenvalue weighted by molar-refractivity contribution is 6.35. The fourth-order valence-corrected chi connectivity index (χ4v) is 3.35. The van der Waals surface area contributed by atoms with E-state index in [2.05, 4.69) is 6.07 Å². The van der Waals surface area contributed by atoms with Crippen LogP contribution < -0.4 is 5.73 Å². The second-order valence-electron chi connectivity index (χ2n) is 5.84. The molecule has 0 saturated carbocycles. The molecule has 0 unspecified atom stereocenters. The van der Waals surface area contributed by atoms with Crippen LogP contribution in [0.3, 0.4) is 0 Å². The average Bonchev–Trinajstić information content (AvgIpc) is 2.99. The van der Waals surface area contributed by atoms with E-state index >= 15 is 0 Å². The lowest BCUT2D eigenvalue weighted by Gasteiger charge is -2.20. The van der Waals surface area contributed by atoms with Gasteiger partial charge in [0, 0.05) is 23.1 Å². The van der Waals surface area contributed by atoms with Crippen molar-refractivity contribution in [1.29, 1.82) is 5.26 Å². The van der Waals surface area contributed by atoms with Crippen molar-refractivity contribution < 1.29 is 4.79 Å². The number of nitriles is 1. The highest BCUT2D eigenvalue weighted by Crippen LogP contribution is 2.26. The average molecular weight is 360 g/mol. The van der Waals surface area contributed by atoms with Crippen molar-refractivity contribution in [2.75, 3.05) is 0 Å². The zero-order valence-electron chi connectivity index (χ0n) is 12.8. The Bertz CT molecular complexity index is 845. The van der Waals surface area contributed by atoms with E-state index < -0.39 is 6.04 Å². The van der Waals surface area contributed by atoms with Gasteiger partial charge >= 0.3 is 0 Å². The van der Waals surface area contributed by atoms with Gasteiger partial charge in [-0.3, -0.25) is 4.79 Å². The fraction of sp³-hybridized carbons (Fsp3) is 0.222. The van der Waals surface area contributed by atoms with E-state index in [4.69, 9.17) is 34.2 Å². The molecule has 4 nitrogen and oxygen atoms in total. The molecular weight excluding hydrogens is 345 g/mol. The standard InChI is InChI=1S/C18H15Cl2N3O/c19-15-4-3-12(16(20)7-15)6-17(22)18(24)23-9-13-2-1-11(8-21)5-14(13)10-23/h1-5,7,17H,6,9-10,22H2/t17-/m1/s1. The van der Waals surface area contributed by atoms with Gasteiger partial charge in [-0.25, -0.2) is 0 Å². The van der Waals surface area contributed by atoms with Crippen molar-refractivity contribution in [3.8, 4) is 6.07 Å². The van der Waals surface area contributed by atoms with E-state index in [1.54, 1.807) is 29.2 Å². The van der Waals surface area contributed by atoms with Crippen LogP contribution in [0.25, 0.3) is 0 Å². The highest BCUT2D eigenvalue weighted by Gasteiger charge is 2.27. The third-order valence-electron chi connectivity index (χ3n) is 4.14. The summed E-state index contributed by atoms with van der Waals surface area (Å²) >= 11 is 12.0. The number of carbonyl (C=O) groups excluding carboxylic acids is 1. The molecule has 1 atom stereocenters. The Balaban J connectivity index is 1.70. The van der Waals surface area contributed by atoms with Gasteiger partial charge in [0.2, 0.25) is 5.91 Å². The lowest BCUT2D eigenvalue weighted by molar-refractivity contribution is -0.133. The van der Waals surface area contributed by atoms with E-state index in [0.717, 1.165) is 16.7 Å². The molecule has 0 radical (unpaired) electrons. The van der Waals surface area contributed by atoms with Crippen LogP contribution >= 0.6 is 23.2 Å². The van der Waals surface area contributed by atoms with Gasteiger partial charge in [0.1, 0.15) is 0 Å². The molecule has 0 aromatic heterocycles. The summed E-state index contributed by atoms with van der Waals surface area (Å²) in [6.07, 6.45) is 0.352. The second-order valence-corrected chi connectivity index (χ2v) is 6.68. The topological polar surface area (TPSA) is 70.1 Å². The number of fused-ring (bicyclic) bond motifs is 1. The van der Waals surface area contributed by atoms with Gasteiger partial charge in [0.25, 0.3) is 0 Å². The van der Waals surface area contributed by atoms with Crippen molar-refractivity contribution in [1.82, 2.24) is 4.90 Å². The van der Waals surface area contributed by atoms with Crippen LogP contribution in [-0.2, 0) is 24.3 Å². The molecule has 0 bridgehead atoms. The molecule has 3 rings (SSSR count). The van der Waals surface area contributed by atoms with Crippen LogP contribution in [0, 0.1) is 11.3 Å². The normalized spacial score (nSPS) is 14.2. The van der Waals surface area contributed by atoms with Crippen LogP contribution in [-0.4, -0.2) is 16.8 Å². The number of hydrogen-bond donors (Lipinski definition) is 1. The molecule has 0 spiro atoms. The predicted molar refractivity (Wildman–Crippen MR) is 93.6 cm³/mol. The Kier molecular flexibility index (Phi) is 4.77. The summed E-state index contributed by atoms with van der Waals surface area (Å²) < 4.78 is 0. The lowest BCUT2D eigenvalue weighted by atomic mass is 10.1. The molecule has 1 heterocycles. The molecule has 24 heavy (non-hydrogen) atoms. The number of nitrogens with two attached hydrogens (primary N) is 1. The molecule has 2 aromatic carbocycles. The summed E-state index contributed by atoms with van der Waals surface area (Å²) in [6.45, 7) is 0.994. The fourth-order valence-electron chi connectivity index (χ4n) is 2.87. The Morgan fingerprint density at radius 2 is 1.96 bits per heavy atom. The van der Waals surface area contributed by atoms with Crippen LogP contribution in [0.2, 0.25) is 10.0 Å². The molecule has 1 aliphatic heterocycles. The minimum Gasteiger partial charge on any atom is -0.333 e. The Morgan fingerprint density at radius 1 is 1.21 bits per heavy atom. The summed E-state index contributed by atoms with van der Waals surface area (Å²) in [6, 6.07) is 12.1. The molecule has 0 aliphatic carbocycles. The van der Waals surface area contributed by atoms with Crippen LogP contribution in [0.1, 0.15) is 22.3 Å². The van der Waals surface area contributed by atoms with Gasteiger partial charge in [0.15, 0.2) is 0 Å². The number of hydrogen-bond acceptors (Lipinski definition) is 3. The van der Waals surface area contributed by atoms with Crippen LogP contribution in [0.15, 0.2) is 36.4 Å². The molecule has 6 heteroatoms. The summed E-state index contributed by atoms with van der Waals surface area (Å²) in [4.78, 5) is 14.3. The smallest absolute Gasteiger partial charge is 0.240 e. The maximum Gasteiger partial charge on any atom is 0.240 e. The zero-order chi connectivity index (χ0) is 17.3. The minimum absolute atomic E-state index is 0.129. The van der Waals surface area contributed by atoms with E-state index in [1.807, 2.05) is 12.1 Å². The Hall–Kier alpha value is -2.06. The van der Waals surface area contributed by atoms with E-state index in [0.29, 0.717) is 35.1 Å². The lowest BCUT2D eigenvalue weighted by Crippen LogP contribution is -2.42. The van der Waals surface area contributed by atoms with Crippen molar-refractivity contribution in [3.63, 3.8) is 0 Å². The summed E-state index contributed by atoms with van der Waals surface area (Å²) in [5.41, 5.74) is 9.54. The maximum atomic E-state index is 12.6. The molecule has 1 amide bonds. The SMILES string of the molecule is N#Cc1ccc2c(c1)CN(C(=O)[C@H](N)Cc1ccc(Cl)cc1Cl)C2. The van der Waals surface area contributed by atoms with Gasteiger partial charge in [-0.2, -0.15) is 5.26 Å². The number of nitrogens with zero attached hydrogens (tertiary/aromatic N) is 2. The Morgan fingerprint density at radius 3 is 2.67 bits per heavy atom. The van der Waals surface area contributed by atoms with E-state index in [-0.39, 0.29) is 5.91 Å². The summed E-state index contributed by atoms with van der Waals surface area (Å²) in [5.74, 6) is -0.129. The van der Waals surface area contributed by atoms with Crippen molar-refractivity contribution in [3.05, 3.63) is 68.7 Å². The molecule has 122 valence electrons. The summed E-state index contributed by atoms with van der Waals surface area (Å²) in [5, 5.41) is 10.0. The first-order chi connectivity index (χ1) is 11.5. The number of halogens is 2. The molecule has 0 fully saturated rings. The maximum absolute atomic E-state index is 12.6. The second kappa shape index (κ2) is 6.82. The van der Waals surface area contributed by atoms with Gasteiger partial charge < -0.3 is 10.6 Å². The highest BCUT2D eigenvalue weighted by atomic mass is 35.5. The molecule has 0 saturated heterocycles. The van der Waals surface area contributed by atoms with Gasteiger partial charge in [-0.15, -0.1) is 0 Å². The first-order valence-corrected chi connectivity index (χ1v) is 8.23. The number of benzene rings is 2. The van der Waals surface area contributed by atoms with Crippen LogP contribution in [0.5, 0.6) is 0 Å². The number of carbonyl (C=O) groups is 1. The van der Waals surface area contributed by atoms with E-state index in [1.165, 1.54) is 0 Å². The molecule has 1 aliphatic rings. The Labute approximate surface area is 150 Å². The number of rotatable bonds is 3. The molecule has 2 N–H and O–H groups in total. The number of amides is 1. The van der Waals surface area contributed by atoms with Crippen molar-refractivity contribution in [2.45, 2.75) is 25.6 Å². The quantitative estimate of drug-likeness (QED) is 0.913. The monoisotopic (exact) mass is 359 g/mol. The first-order valence-electron chi connectivity index (χ1n) is 7.48. The largest absolute Gasteiger partial charge is 0.333 e. The van der Waals surface area contributed by atoms with Gasteiger partial charge in [-0.1, -0.05) is 35.3 Å². The zero-order valence-corrected chi connectivity index (χ0v) is 14.3. The first kappa shape index (κ1) is 16.8.